The molecule has 0 radical (unpaired) electrons. The normalized spacial score (nSPS) is 13.6. The highest BCUT2D eigenvalue weighted by Crippen LogP contribution is 2.35. The van der Waals surface area contributed by atoms with E-state index in [1.165, 1.54) is 12.1 Å². The molecule has 5 nitrogen and oxygen atoms in total. The Hall–Kier alpha value is -3.15. The van der Waals surface area contributed by atoms with Crippen molar-refractivity contribution >= 4 is 29.3 Å². The summed E-state index contributed by atoms with van der Waals surface area (Å²) in [5.41, 5.74) is 1.62. The first kappa shape index (κ1) is 15.7. The van der Waals surface area contributed by atoms with E-state index in [1.54, 1.807) is 43.3 Å². The van der Waals surface area contributed by atoms with Crippen LogP contribution in [0.15, 0.2) is 48.0 Å². The van der Waals surface area contributed by atoms with Crippen molar-refractivity contribution in [2.45, 2.75) is 6.92 Å². The smallest absolute Gasteiger partial charge is 0.262 e. The number of carbonyl (C=O) groups excluding carboxylic acids is 2. The monoisotopic (exact) mass is 326 g/mol. The molecule has 0 saturated heterocycles. The molecule has 2 aromatic carbocycles. The molecular formula is C18H15FN2O3. The second-order valence-electron chi connectivity index (χ2n) is 5.32. The molecule has 0 unspecified atom stereocenters. The van der Waals surface area contributed by atoms with Gasteiger partial charge in [0.1, 0.15) is 5.82 Å². The Morgan fingerprint density at radius 2 is 2.04 bits per heavy atom. The molecule has 0 bridgehead atoms. The van der Waals surface area contributed by atoms with E-state index in [-0.39, 0.29) is 18.4 Å². The summed E-state index contributed by atoms with van der Waals surface area (Å²) in [5.74, 6) is -0.620. The minimum atomic E-state index is -0.396. The molecule has 0 spiro atoms. The molecule has 122 valence electrons. The summed E-state index contributed by atoms with van der Waals surface area (Å²) in [6.45, 7) is 1.49. The minimum absolute atomic E-state index is 0.107. The summed E-state index contributed by atoms with van der Waals surface area (Å²) in [6, 6.07) is 11.3. The summed E-state index contributed by atoms with van der Waals surface area (Å²) >= 11 is 0. The number of amides is 2. The number of carbonyl (C=O) groups is 2. The van der Waals surface area contributed by atoms with Gasteiger partial charge < -0.3 is 15.4 Å². The van der Waals surface area contributed by atoms with Gasteiger partial charge in [0.05, 0.1) is 11.4 Å². The lowest BCUT2D eigenvalue weighted by Gasteiger charge is -2.20. The Morgan fingerprint density at radius 3 is 2.83 bits per heavy atom. The quantitative estimate of drug-likeness (QED) is 0.851. The predicted octanol–water partition coefficient (Wildman–Crippen LogP) is 3.20. The number of hydrogen-bond donors (Lipinski definition) is 2. The largest absolute Gasteiger partial charge is 0.479 e. The summed E-state index contributed by atoms with van der Waals surface area (Å²) in [6.07, 6.45) is 1.47. The topological polar surface area (TPSA) is 67.4 Å². The van der Waals surface area contributed by atoms with Gasteiger partial charge in [-0.1, -0.05) is 24.3 Å². The fraction of sp³-hybridized carbons (Fsp3) is 0.111. The molecule has 0 saturated carbocycles. The second-order valence-corrected chi connectivity index (χ2v) is 5.32. The van der Waals surface area contributed by atoms with Gasteiger partial charge in [-0.05, 0) is 31.2 Å². The molecular weight excluding hydrogens is 311 g/mol. The number of benzene rings is 2. The fourth-order valence-corrected chi connectivity index (χ4v) is 2.33. The lowest BCUT2D eigenvalue weighted by Crippen LogP contribution is -2.26. The van der Waals surface area contributed by atoms with Gasteiger partial charge in [0, 0.05) is 11.1 Å². The van der Waals surface area contributed by atoms with E-state index in [0.717, 1.165) is 0 Å². The number of rotatable bonds is 3. The number of hydrogen-bond acceptors (Lipinski definition) is 3. The van der Waals surface area contributed by atoms with Crippen LogP contribution < -0.4 is 15.4 Å². The molecule has 0 fully saturated rings. The number of anilines is 2. The van der Waals surface area contributed by atoms with E-state index in [2.05, 4.69) is 10.6 Å². The van der Waals surface area contributed by atoms with E-state index < -0.39 is 5.82 Å². The molecule has 0 atom stereocenters. The average Bonchev–Trinajstić information content (AvgIpc) is 2.56. The molecule has 2 aromatic rings. The van der Waals surface area contributed by atoms with Crippen LogP contribution >= 0.6 is 0 Å². The van der Waals surface area contributed by atoms with Crippen molar-refractivity contribution < 1.29 is 18.7 Å². The van der Waals surface area contributed by atoms with Crippen molar-refractivity contribution in [2.75, 3.05) is 17.2 Å². The summed E-state index contributed by atoms with van der Waals surface area (Å²) < 4.78 is 19.0. The molecule has 1 aliphatic heterocycles. The van der Waals surface area contributed by atoms with Crippen molar-refractivity contribution in [3.05, 3.63) is 59.4 Å². The van der Waals surface area contributed by atoms with Gasteiger partial charge in [-0.2, -0.15) is 0 Å². The molecule has 6 heteroatoms. The van der Waals surface area contributed by atoms with Crippen molar-refractivity contribution in [2.24, 2.45) is 0 Å². The molecule has 0 aromatic heterocycles. The van der Waals surface area contributed by atoms with E-state index in [1.807, 2.05) is 0 Å². The highest BCUT2D eigenvalue weighted by Gasteiger charge is 2.20. The number of fused-ring (bicyclic) bond motifs is 1. The maximum atomic E-state index is 13.7. The number of para-hydroxylation sites is 1. The third-order valence-corrected chi connectivity index (χ3v) is 3.52. The van der Waals surface area contributed by atoms with Crippen molar-refractivity contribution in [3.63, 3.8) is 0 Å². The predicted molar refractivity (Wildman–Crippen MR) is 89.2 cm³/mol. The lowest BCUT2D eigenvalue weighted by molar-refractivity contribution is -0.118. The van der Waals surface area contributed by atoms with E-state index in [0.29, 0.717) is 28.3 Å². The first-order valence-corrected chi connectivity index (χ1v) is 7.34. The third kappa shape index (κ3) is 3.27. The Kier molecular flexibility index (Phi) is 4.29. The summed E-state index contributed by atoms with van der Waals surface area (Å²) in [7, 11) is 0. The van der Waals surface area contributed by atoms with Gasteiger partial charge >= 0.3 is 0 Å². The zero-order valence-electron chi connectivity index (χ0n) is 12.9. The maximum Gasteiger partial charge on any atom is 0.262 e. The second kappa shape index (κ2) is 6.54. The average molecular weight is 326 g/mol. The van der Waals surface area contributed by atoms with Gasteiger partial charge in [-0.25, -0.2) is 4.39 Å². The van der Waals surface area contributed by atoms with Gasteiger partial charge in [0.25, 0.3) is 11.8 Å². The molecule has 2 amide bonds. The Labute approximate surface area is 138 Å². The van der Waals surface area contributed by atoms with Crippen LogP contribution in [0.1, 0.15) is 12.5 Å². The molecule has 1 heterocycles. The lowest BCUT2D eigenvalue weighted by atomic mass is 10.1. The van der Waals surface area contributed by atoms with Crippen LogP contribution in [0.25, 0.3) is 6.08 Å². The Balaban J connectivity index is 1.82. The number of ether oxygens (including phenoxy) is 1. The van der Waals surface area contributed by atoms with E-state index in [9.17, 15) is 14.0 Å². The van der Waals surface area contributed by atoms with Crippen LogP contribution in [-0.4, -0.2) is 18.4 Å². The van der Waals surface area contributed by atoms with Crippen molar-refractivity contribution in [1.29, 1.82) is 0 Å². The highest BCUT2D eigenvalue weighted by atomic mass is 19.1. The number of halogens is 1. The summed E-state index contributed by atoms with van der Waals surface area (Å²) in [5, 5.41) is 5.39. The number of nitrogens with one attached hydrogen (secondary N) is 2. The zero-order chi connectivity index (χ0) is 17.1. The summed E-state index contributed by atoms with van der Waals surface area (Å²) in [4.78, 5) is 23.7. The maximum absolute atomic E-state index is 13.7. The minimum Gasteiger partial charge on any atom is -0.479 e. The first-order chi connectivity index (χ1) is 11.5. The van der Waals surface area contributed by atoms with Crippen LogP contribution in [0.3, 0.4) is 0 Å². The van der Waals surface area contributed by atoms with Crippen LogP contribution in [0, 0.1) is 5.82 Å². The molecule has 1 aliphatic rings. The van der Waals surface area contributed by atoms with Crippen LogP contribution in [0.4, 0.5) is 15.8 Å². The van der Waals surface area contributed by atoms with Crippen molar-refractivity contribution in [1.82, 2.24) is 0 Å². The molecule has 0 aliphatic carbocycles. The van der Waals surface area contributed by atoms with Crippen LogP contribution in [0.2, 0.25) is 0 Å². The Morgan fingerprint density at radius 1 is 1.25 bits per heavy atom. The van der Waals surface area contributed by atoms with Gasteiger partial charge in [0.15, 0.2) is 12.4 Å². The SMILES string of the molecule is C/C(=C\c1ccccc1F)C(=O)Nc1cccc2c1OCC(=O)N2. The van der Waals surface area contributed by atoms with E-state index in [4.69, 9.17) is 4.74 Å². The van der Waals surface area contributed by atoms with E-state index >= 15 is 0 Å². The molecule has 2 N–H and O–H groups in total. The highest BCUT2D eigenvalue weighted by molar-refractivity contribution is 6.08. The zero-order valence-corrected chi connectivity index (χ0v) is 12.9. The Bertz CT molecular complexity index is 846. The van der Waals surface area contributed by atoms with Crippen LogP contribution in [-0.2, 0) is 9.59 Å². The molecule has 3 rings (SSSR count). The van der Waals surface area contributed by atoms with Gasteiger partial charge in [0.2, 0.25) is 0 Å². The van der Waals surface area contributed by atoms with Crippen LogP contribution in [0.5, 0.6) is 5.75 Å². The third-order valence-electron chi connectivity index (χ3n) is 3.52. The fourth-order valence-electron chi connectivity index (χ4n) is 2.33. The van der Waals surface area contributed by atoms with Gasteiger partial charge in [-0.15, -0.1) is 0 Å². The standard InChI is InChI=1S/C18H15FN2O3/c1-11(9-12-5-2-3-6-13(12)19)18(23)21-15-8-4-7-14-17(15)24-10-16(22)20-14/h2-9H,10H2,1H3,(H,20,22)(H,21,23)/b11-9+. The van der Waals surface area contributed by atoms with Gasteiger partial charge in [-0.3, -0.25) is 9.59 Å². The molecule has 24 heavy (non-hydrogen) atoms. The van der Waals surface area contributed by atoms with Crippen molar-refractivity contribution in [3.8, 4) is 5.75 Å². The first-order valence-electron chi connectivity index (χ1n) is 7.34.